The van der Waals surface area contributed by atoms with Crippen molar-refractivity contribution < 1.29 is 19.5 Å². The van der Waals surface area contributed by atoms with Gasteiger partial charge in [-0.25, -0.2) is 9.78 Å². The van der Waals surface area contributed by atoms with Crippen LogP contribution in [0.1, 0.15) is 41.7 Å². The fourth-order valence-corrected chi connectivity index (χ4v) is 3.89. The third-order valence-corrected chi connectivity index (χ3v) is 5.01. The molecule has 1 aliphatic rings. The van der Waals surface area contributed by atoms with Crippen molar-refractivity contribution in [3.05, 3.63) is 34.2 Å². The number of carbonyl (C=O) groups is 3. The molecule has 0 aliphatic carbocycles. The van der Waals surface area contributed by atoms with Gasteiger partial charge in [-0.3, -0.25) is 9.59 Å². The van der Waals surface area contributed by atoms with Gasteiger partial charge in [-0.2, -0.15) is 0 Å². The smallest absolute Gasteiger partial charge is 0.405 e. The molecule has 1 aromatic carbocycles. The van der Waals surface area contributed by atoms with E-state index >= 15 is 0 Å². The van der Waals surface area contributed by atoms with Gasteiger partial charge < -0.3 is 15.3 Å². The fraction of sp³-hybridized carbons (Fsp3) is 0.294. The minimum absolute atomic E-state index is 0.0906. The fourth-order valence-electron chi connectivity index (χ4n) is 3.26. The SMILES string of the molecule is CC(=O)N1c2ccc(-c3csc(C=O)n3)cc2[C@@H](NC(=O)O)C[C@H]1C. The van der Waals surface area contributed by atoms with Gasteiger partial charge in [0.05, 0.1) is 11.7 Å². The summed E-state index contributed by atoms with van der Waals surface area (Å²) >= 11 is 1.25. The minimum Gasteiger partial charge on any atom is -0.465 e. The van der Waals surface area contributed by atoms with Gasteiger partial charge in [0.25, 0.3) is 0 Å². The van der Waals surface area contributed by atoms with Crippen LogP contribution in [0.4, 0.5) is 10.5 Å². The third kappa shape index (κ3) is 3.25. The van der Waals surface area contributed by atoms with Crippen LogP contribution in [-0.2, 0) is 4.79 Å². The Bertz CT molecular complexity index is 848. The van der Waals surface area contributed by atoms with Crippen LogP contribution in [0.25, 0.3) is 11.3 Å². The molecular formula is C17H17N3O4S. The molecular weight excluding hydrogens is 342 g/mol. The summed E-state index contributed by atoms with van der Waals surface area (Å²) in [4.78, 5) is 39.9. The number of fused-ring (bicyclic) bond motifs is 1. The lowest BCUT2D eigenvalue weighted by molar-refractivity contribution is -0.117. The van der Waals surface area contributed by atoms with Crippen LogP contribution < -0.4 is 10.2 Å². The second-order valence-electron chi connectivity index (χ2n) is 5.94. The first-order chi connectivity index (χ1) is 11.9. The number of carbonyl (C=O) groups excluding carboxylic acids is 2. The average Bonchev–Trinajstić information content (AvgIpc) is 3.02. The molecule has 2 atom stereocenters. The van der Waals surface area contributed by atoms with Gasteiger partial charge in [0.1, 0.15) is 0 Å². The van der Waals surface area contributed by atoms with Gasteiger partial charge in [0, 0.05) is 29.6 Å². The zero-order valence-corrected chi connectivity index (χ0v) is 14.5. The van der Waals surface area contributed by atoms with E-state index in [9.17, 15) is 14.4 Å². The van der Waals surface area contributed by atoms with Crippen molar-refractivity contribution in [2.45, 2.75) is 32.4 Å². The maximum atomic E-state index is 12.0. The second-order valence-corrected chi connectivity index (χ2v) is 6.83. The molecule has 2 aromatic rings. The molecule has 8 heteroatoms. The van der Waals surface area contributed by atoms with E-state index < -0.39 is 12.1 Å². The summed E-state index contributed by atoms with van der Waals surface area (Å²) in [6, 6.07) is 4.93. The molecule has 0 saturated carbocycles. The lowest BCUT2D eigenvalue weighted by atomic mass is 9.90. The number of anilines is 1. The summed E-state index contributed by atoms with van der Waals surface area (Å²) < 4.78 is 0. The van der Waals surface area contributed by atoms with E-state index in [4.69, 9.17) is 5.11 Å². The van der Waals surface area contributed by atoms with Crippen molar-refractivity contribution in [1.29, 1.82) is 0 Å². The molecule has 2 N–H and O–H groups in total. The average molecular weight is 359 g/mol. The highest BCUT2D eigenvalue weighted by molar-refractivity contribution is 7.11. The Balaban J connectivity index is 2.09. The molecule has 0 bridgehead atoms. The number of benzene rings is 1. The number of nitrogens with zero attached hydrogens (tertiary/aromatic N) is 2. The van der Waals surface area contributed by atoms with Crippen LogP contribution in [0.2, 0.25) is 0 Å². The topological polar surface area (TPSA) is 99.6 Å². The van der Waals surface area contributed by atoms with Crippen LogP contribution in [0, 0.1) is 0 Å². The predicted octanol–water partition coefficient (Wildman–Crippen LogP) is 3.08. The zero-order chi connectivity index (χ0) is 18.1. The molecule has 2 amide bonds. The van der Waals surface area contributed by atoms with Crippen LogP contribution in [0.5, 0.6) is 0 Å². The molecule has 1 aromatic heterocycles. The van der Waals surface area contributed by atoms with Crippen LogP contribution in [-0.4, -0.2) is 34.4 Å². The summed E-state index contributed by atoms with van der Waals surface area (Å²) in [6.45, 7) is 3.39. The van der Waals surface area contributed by atoms with E-state index in [1.807, 2.05) is 19.1 Å². The summed E-state index contributed by atoms with van der Waals surface area (Å²) in [5.41, 5.74) is 2.85. The summed E-state index contributed by atoms with van der Waals surface area (Å²) in [5, 5.41) is 13.8. The van der Waals surface area contributed by atoms with E-state index in [0.29, 0.717) is 29.1 Å². The van der Waals surface area contributed by atoms with E-state index in [1.165, 1.54) is 18.3 Å². The quantitative estimate of drug-likeness (QED) is 0.821. The number of rotatable bonds is 3. The van der Waals surface area contributed by atoms with Crippen LogP contribution in [0.3, 0.4) is 0 Å². The van der Waals surface area contributed by atoms with Gasteiger partial charge in [0.15, 0.2) is 11.3 Å². The second kappa shape index (κ2) is 6.64. The maximum absolute atomic E-state index is 12.0. The first kappa shape index (κ1) is 17.1. The van der Waals surface area contributed by atoms with Gasteiger partial charge in [-0.05, 0) is 31.0 Å². The highest BCUT2D eigenvalue weighted by atomic mass is 32.1. The molecule has 130 valence electrons. The number of hydrogen-bond donors (Lipinski definition) is 2. The molecule has 2 heterocycles. The highest BCUT2D eigenvalue weighted by Gasteiger charge is 2.33. The first-order valence-corrected chi connectivity index (χ1v) is 8.63. The Labute approximate surface area is 148 Å². The number of aldehydes is 1. The molecule has 0 radical (unpaired) electrons. The zero-order valence-electron chi connectivity index (χ0n) is 13.7. The molecule has 0 saturated heterocycles. The van der Waals surface area contributed by atoms with E-state index in [2.05, 4.69) is 10.3 Å². The molecule has 1 aliphatic heterocycles. The van der Waals surface area contributed by atoms with Crippen molar-refractivity contribution in [3.63, 3.8) is 0 Å². The van der Waals surface area contributed by atoms with Gasteiger partial charge in [-0.15, -0.1) is 11.3 Å². The molecule has 25 heavy (non-hydrogen) atoms. The van der Waals surface area contributed by atoms with E-state index in [0.717, 1.165) is 11.1 Å². The molecule has 0 spiro atoms. The Morgan fingerprint density at radius 3 is 2.80 bits per heavy atom. The molecule has 0 unspecified atom stereocenters. The van der Waals surface area contributed by atoms with Crippen molar-refractivity contribution in [2.75, 3.05) is 4.90 Å². The van der Waals surface area contributed by atoms with Crippen LogP contribution in [0.15, 0.2) is 23.6 Å². The van der Waals surface area contributed by atoms with Crippen molar-refractivity contribution in [2.24, 2.45) is 0 Å². The van der Waals surface area contributed by atoms with Gasteiger partial charge >= 0.3 is 6.09 Å². The Hall–Kier alpha value is -2.74. The monoisotopic (exact) mass is 359 g/mol. The Morgan fingerprint density at radius 1 is 1.44 bits per heavy atom. The normalized spacial score (nSPS) is 19.2. The largest absolute Gasteiger partial charge is 0.465 e. The van der Waals surface area contributed by atoms with E-state index in [1.54, 1.807) is 16.3 Å². The standard InChI is InChI=1S/C17H17N3O4S/c1-9-5-13(19-17(23)24)12-6-11(14-8-25-16(7-21)18-14)3-4-15(12)20(9)10(2)22/h3-4,6-9,13,19H,5H2,1-2H3,(H,23,24)/t9-,13+/m1/s1. The van der Waals surface area contributed by atoms with E-state index in [-0.39, 0.29) is 11.9 Å². The van der Waals surface area contributed by atoms with Gasteiger partial charge in [0.2, 0.25) is 5.91 Å². The molecule has 7 nitrogen and oxygen atoms in total. The van der Waals surface area contributed by atoms with Gasteiger partial charge in [-0.1, -0.05) is 6.07 Å². The first-order valence-electron chi connectivity index (χ1n) is 7.75. The minimum atomic E-state index is -1.11. The predicted molar refractivity (Wildman–Crippen MR) is 94.1 cm³/mol. The number of nitrogens with one attached hydrogen (secondary N) is 1. The highest BCUT2D eigenvalue weighted by Crippen LogP contribution is 2.39. The number of amides is 2. The Kier molecular flexibility index (Phi) is 4.54. The number of thiazole rings is 1. The van der Waals surface area contributed by atoms with Crippen LogP contribution >= 0.6 is 11.3 Å². The summed E-state index contributed by atoms with van der Waals surface area (Å²) in [5.74, 6) is -0.0906. The maximum Gasteiger partial charge on any atom is 0.405 e. The lowest BCUT2D eigenvalue weighted by Gasteiger charge is -2.39. The summed E-state index contributed by atoms with van der Waals surface area (Å²) in [6.07, 6.45) is 0.0706. The summed E-state index contributed by atoms with van der Waals surface area (Å²) in [7, 11) is 0. The Morgan fingerprint density at radius 2 is 2.20 bits per heavy atom. The number of hydrogen-bond acceptors (Lipinski definition) is 5. The number of aromatic nitrogens is 1. The lowest BCUT2D eigenvalue weighted by Crippen LogP contribution is -2.45. The third-order valence-electron chi connectivity index (χ3n) is 4.24. The van der Waals surface area contributed by atoms with Crippen molar-refractivity contribution in [1.82, 2.24) is 10.3 Å². The number of carboxylic acid groups (broad SMARTS) is 1. The van der Waals surface area contributed by atoms with Crippen molar-refractivity contribution >= 4 is 35.3 Å². The molecule has 3 rings (SSSR count). The molecule has 0 fully saturated rings. The van der Waals surface area contributed by atoms with Crippen molar-refractivity contribution in [3.8, 4) is 11.3 Å².